The van der Waals surface area contributed by atoms with E-state index in [9.17, 15) is 9.59 Å². The highest BCUT2D eigenvalue weighted by Crippen LogP contribution is 2.27. The lowest BCUT2D eigenvalue weighted by atomic mass is 10.3. The molecule has 0 saturated heterocycles. The summed E-state index contributed by atoms with van der Waals surface area (Å²) in [5.74, 6) is -1.12. The van der Waals surface area contributed by atoms with Crippen LogP contribution in [0.15, 0.2) is 34.8 Å². The summed E-state index contributed by atoms with van der Waals surface area (Å²) < 4.78 is 5.82. The first-order valence-electron chi connectivity index (χ1n) is 4.58. The minimum absolute atomic E-state index is 0.517. The molecule has 2 N–H and O–H groups in total. The monoisotopic (exact) mass is 299 g/mol. The fraction of sp³-hybridized carbons (Fsp3) is 0.0909. The molecule has 6 heteroatoms. The molecule has 0 atom stereocenters. The Kier molecular flexibility index (Phi) is 4.71. The number of hydrogen-bond acceptors (Lipinski definition) is 3. The van der Waals surface area contributed by atoms with Crippen molar-refractivity contribution in [3.8, 4) is 5.75 Å². The van der Waals surface area contributed by atoms with E-state index in [1.807, 2.05) is 0 Å². The number of ether oxygens (including phenoxy) is 1. The van der Waals surface area contributed by atoms with E-state index >= 15 is 0 Å². The van der Waals surface area contributed by atoms with Crippen LogP contribution in [0.3, 0.4) is 0 Å². The lowest BCUT2D eigenvalue weighted by molar-refractivity contribution is -0.131. The van der Waals surface area contributed by atoms with Crippen molar-refractivity contribution in [2.24, 2.45) is 0 Å². The first-order chi connectivity index (χ1) is 8.02. The van der Waals surface area contributed by atoms with Gasteiger partial charge in [0.15, 0.2) is 0 Å². The average molecular weight is 300 g/mol. The van der Waals surface area contributed by atoms with Crippen molar-refractivity contribution in [1.82, 2.24) is 0 Å². The highest BCUT2D eigenvalue weighted by molar-refractivity contribution is 9.10. The zero-order valence-electron chi connectivity index (χ0n) is 8.94. The van der Waals surface area contributed by atoms with Gasteiger partial charge in [-0.25, -0.2) is 4.79 Å². The summed E-state index contributed by atoms with van der Waals surface area (Å²) in [5, 5.41) is 10.9. The normalized spacial score (nSPS) is 10.2. The molecule has 0 saturated carbocycles. The number of carbonyl (C=O) groups is 2. The largest absolute Gasteiger partial charge is 0.495 e. The highest BCUT2D eigenvalue weighted by Gasteiger charge is 2.03. The van der Waals surface area contributed by atoms with E-state index in [1.54, 1.807) is 18.2 Å². The van der Waals surface area contributed by atoms with E-state index in [0.29, 0.717) is 11.4 Å². The fourth-order valence-electron chi connectivity index (χ4n) is 1.07. The second kappa shape index (κ2) is 6.05. The van der Waals surface area contributed by atoms with E-state index in [0.717, 1.165) is 16.6 Å². The van der Waals surface area contributed by atoms with Gasteiger partial charge in [0.05, 0.1) is 11.6 Å². The predicted octanol–water partition coefficient (Wildman–Crippen LogP) is 2.04. The van der Waals surface area contributed by atoms with Crippen LogP contribution in [0, 0.1) is 0 Å². The zero-order valence-corrected chi connectivity index (χ0v) is 10.5. The molecule has 0 unspecified atom stereocenters. The molecule has 0 heterocycles. The van der Waals surface area contributed by atoms with Gasteiger partial charge < -0.3 is 15.2 Å². The number of nitrogens with one attached hydrogen (secondary N) is 1. The zero-order chi connectivity index (χ0) is 12.8. The molecule has 0 aromatic heterocycles. The van der Waals surface area contributed by atoms with Crippen molar-refractivity contribution in [3.63, 3.8) is 0 Å². The van der Waals surface area contributed by atoms with Crippen LogP contribution in [0.2, 0.25) is 0 Å². The Balaban J connectivity index is 2.75. The highest BCUT2D eigenvalue weighted by atomic mass is 79.9. The molecular formula is C11H10BrNO4. The van der Waals surface area contributed by atoms with Gasteiger partial charge in [-0.1, -0.05) is 0 Å². The van der Waals surface area contributed by atoms with Crippen molar-refractivity contribution in [3.05, 3.63) is 34.8 Å². The van der Waals surface area contributed by atoms with E-state index < -0.39 is 11.9 Å². The van der Waals surface area contributed by atoms with E-state index in [-0.39, 0.29) is 0 Å². The van der Waals surface area contributed by atoms with Gasteiger partial charge in [0.2, 0.25) is 5.91 Å². The van der Waals surface area contributed by atoms with Crippen LogP contribution >= 0.6 is 15.9 Å². The minimum Gasteiger partial charge on any atom is -0.495 e. The number of benzene rings is 1. The number of hydrogen-bond donors (Lipinski definition) is 2. The van der Waals surface area contributed by atoms with E-state index in [4.69, 9.17) is 9.84 Å². The van der Waals surface area contributed by atoms with Crippen LogP contribution in [0.4, 0.5) is 5.69 Å². The maximum Gasteiger partial charge on any atom is 0.328 e. The van der Waals surface area contributed by atoms with Crippen LogP contribution in [0.5, 0.6) is 5.75 Å². The number of methoxy groups -OCH3 is 1. The summed E-state index contributed by atoms with van der Waals surface area (Å²) in [7, 11) is 1.51. The molecule has 90 valence electrons. The quantitative estimate of drug-likeness (QED) is 0.834. The average Bonchev–Trinajstić information content (AvgIpc) is 2.29. The van der Waals surface area contributed by atoms with Crippen molar-refractivity contribution < 1.29 is 19.4 Å². The molecule has 17 heavy (non-hydrogen) atoms. The Labute approximate surface area is 106 Å². The number of aliphatic carboxylic acids is 1. The lowest BCUT2D eigenvalue weighted by Gasteiger charge is -2.06. The Bertz CT molecular complexity index is 471. The number of halogens is 1. The number of carboxylic acid groups (broad SMARTS) is 1. The number of anilines is 1. The summed E-state index contributed by atoms with van der Waals surface area (Å²) >= 11 is 3.28. The maximum atomic E-state index is 11.3. The van der Waals surface area contributed by atoms with Gasteiger partial charge in [-0.3, -0.25) is 4.79 Å². The van der Waals surface area contributed by atoms with Crippen molar-refractivity contribution in [2.45, 2.75) is 0 Å². The number of amides is 1. The molecule has 1 amide bonds. The molecule has 1 rings (SSSR count). The third-order valence-electron chi connectivity index (χ3n) is 1.80. The van der Waals surface area contributed by atoms with Gasteiger partial charge in [0, 0.05) is 23.9 Å². The summed E-state index contributed by atoms with van der Waals surface area (Å²) in [6.07, 6.45) is 1.71. The number of carbonyl (C=O) groups excluding carboxylic acids is 1. The van der Waals surface area contributed by atoms with Gasteiger partial charge in [-0.05, 0) is 28.1 Å². The first kappa shape index (κ1) is 13.2. The molecular weight excluding hydrogens is 290 g/mol. The molecule has 5 nitrogen and oxygen atoms in total. The molecule has 1 aromatic rings. The predicted molar refractivity (Wildman–Crippen MR) is 66.1 cm³/mol. The SMILES string of the molecule is COc1cc(NC(=O)/C=C/C(=O)O)ccc1Br. The Morgan fingerprint density at radius 3 is 2.71 bits per heavy atom. The maximum absolute atomic E-state index is 11.3. The first-order valence-corrected chi connectivity index (χ1v) is 5.37. The number of rotatable bonds is 4. The van der Waals surface area contributed by atoms with E-state index in [2.05, 4.69) is 21.2 Å². The second-order valence-electron chi connectivity index (χ2n) is 3.01. The summed E-state index contributed by atoms with van der Waals surface area (Å²) in [6.45, 7) is 0. The molecule has 1 aromatic carbocycles. The van der Waals surface area contributed by atoms with Crippen LogP contribution in [0.1, 0.15) is 0 Å². The smallest absolute Gasteiger partial charge is 0.328 e. The fourth-order valence-corrected chi connectivity index (χ4v) is 1.48. The summed E-state index contributed by atoms with van der Waals surface area (Å²) in [4.78, 5) is 21.5. The lowest BCUT2D eigenvalue weighted by Crippen LogP contribution is -2.08. The van der Waals surface area contributed by atoms with Gasteiger partial charge in [-0.2, -0.15) is 0 Å². The van der Waals surface area contributed by atoms with Crippen LogP contribution in [-0.2, 0) is 9.59 Å². The van der Waals surface area contributed by atoms with Gasteiger partial charge in [0.1, 0.15) is 5.75 Å². The van der Waals surface area contributed by atoms with E-state index in [1.165, 1.54) is 7.11 Å². The van der Waals surface area contributed by atoms with Gasteiger partial charge >= 0.3 is 5.97 Å². The van der Waals surface area contributed by atoms with Gasteiger partial charge in [-0.15, -0.1) is 0 Å². The molecule has 0 aliphatic rings. The Hall–Kier alpha value is -1.82. The number of carboxylic acids is 1. The minimum atomic E-state index is -1.17. The topological polar surface area (TPSA) is 75.6 Å². The van der Waals surface area contributed by atoms with Crippen molar-refractivity contribution in [1.29, 1.82) is 0 Å². The Morgan fingerprint density at radius 1 is 1.41 bits per heavy atom. The molecule has 0 aliphatic heterocycles. The van der Waals surface area contributed by atoms with Crippen molar-refractivity contribution in [2.75, 3.05) is 12.4 Å². The van der Waals surface area contributed by atoms with Crippen LogP contribution in [-0.4, -0.2) is 24.1 Å². The van der Waals surface area contributed by atoms with Crippen LogP contribution < -0.4 is 10.1 Å². The van der Waals surface area contributed by atoms with Crippen molar-refractivity contribution >= 4 is 33.5 Å². The standard InChI is InChI=1S/C11H10BrNO4/c1-17-9-6-7(2-3-8(9)12)13-10(14)4-5-11(15)16/h2-6H,1H3,(H,13,14)(H,15,16)/b5-4+. The van der Waals surface area contributed by atoms with Crippen LogP contribution in [0.25, 0.3) is 0 Å². The molecule has 0 spiro atoms. The molecule has 0 aliphatic carbocycles. The Morgan fingerprint density at radius 2 is 2.12 bits per heavy atom. The third-order valence-corrected chi connectivity index (χ3v) is 2.45. The van der Waals surface area contributed by atoms with Gasteiger partial charge in [0.25, 0.3) is 0 Å². The molecule has 0 fully saturated rings. The summed E-state index contributed by atoms with van der Waals surface area (Å²) in [6, 6.07) is 5.01. The third kappa shape index (κ3) is 4.28. The molecule has 0 bridgehead atoms. The molecule has 0 radical (unpaired) electrons. The summed E-state index contributed by atoms with van der Waals surface area (Å²) in [5.41, 5.74) is 0.519. The second-order valence-corrected chi connectivity index (χ2v) is 3.86.